The van der Waals surface area contributed by atoms with Crippen LogP contribution in [-0.4, -0.2) is 31.5 Å². The van der Waals surface area contributed by atoms with Crippen molar-refractivity contribution in [1.82, 2.24) is 0 Å². The summed E-state index contributed by atoms with van der Waals surface area (Å²) in [5.74, 6) is -13.6. The summed E-state index contributed by atoms with van der Waals surface area (Å²) < 4.78 is 92.2. The first-order chi connectivity index (χ1) is 10.5. The van der Waals surface area contributed by atoms with Gasteiger partial charge in [0.2, 0.25) is 17.4 Å². The molecule has 0 bridgehead atoms. The van der Waals surface area contributed by atoms with Crippen LogP contribution in [0.25, 0.3) is 0 Å². The van der Waals surface area contributed by atoms with Crippen molar-refractivity contribution >= 4 is 22.1 Å². The third-order valence-electron chi connectivity index (χ3n) is 2.27. The van der Waals surface area contributed by atoms with E-state index in [4.69, 9.17) is 4.55 Å². The lowest BCUT2D eigenvalue weighted by molar-refractivity contribution is -0.143. The third-order valence-corrected chi connectivity index (χ3v) is 3.14. The summed E-state index contributed by atoms with van der Waals surface area (Å²) in [6.45, 7) is 0.495. The molecule has 0 aliphatic rings. The van der Waals surface area contributed by atoms with Crippen LogP contribution in [0.15, 0.2) is 4.90 Å². The molecule has 0 radical (unpaired) electrons. The van der Waals surface area contributed by atoms with Crippen molar-refractivity contribution in [3.8, 4) is 5.75 Å². The maximum absolute atomic E-state index is 13.5. The topological polar surface area (TPSA) is 107 Å². The van der Waals surface area contributed by atoms with E-state index in [-0.39, 0.29) is 0 Å². The first-order valence-electron chi connectivity index (χ1n) is 5.64. The number of hydrogen-bond acceptors (Lipinski definition) is 6. The fourth-order valence-corrected chi connectivity index (χ4v) is 1.98. The molecule has 0 amide bonds. The molecule has 0 saturated carbocycles. The first kappa shape index (κ1) is 18.8. The van der Waals surface area contributed by atoms with Gasteiger partial charge in [-0.2, -0.15) is 17.2 Å². The Morgan fingerprint density at radius 2 is 1.52 bits per heavy atom. The second-order valence-corrected chi connectivity index (χ2v) is 5.31. The summed E-state index contributed by atoms with van der Waals surface area (Å²) in [5, 5.41) is 0. The Balaban J connectivity index is 3.15. The van der Waals surface area contributed by atoms with Gasteiger partial charge < -0.3 is 9.47 Å². The molecule has 0 aromatic heterocycles. The molecule has 128 valence electrons. The Morgan fingerprint density at radius 3 is 1.91 bits per heavy atom. The van der Waals surface area contributed by atoms with Gasteiger partial charge >= 0.3 is 22.1 Å². The van der Waals surface area contributed by atoms with Crippen molar-refractivity contribution < 1.29 is 49.6 Å². The van der Waals surface area contributed by atoms with Crippen molar-refractivity contribution in [2.75, 3.05) is 6.61 Å². The minimum Gasteiger partial charge on any atom is -0.465 e. The number of benzene rings is 1. The van der Waals surface area contributed by atoms with Crippen LogP contribution < -0.4 is 4.74 Å². The molecular formula is C11H8F4O7S. The zero-order valence-corrected chi connectivity index (χ0v) is 12.0. The smallest absolute Gasteiger partial charge is 0.314 e. The van der Waals surface area contributed by atoms with Crippen LogP contribution in [0.4, 0.5) is 17.6 Å². The molecule has 0 aliphatic carbocycles. The van der Waals surface area contributed by atoms with Crippen LogP contribution in [-0.2, 0) is 24.4 Å². The van der Waals surface area contributed by atoms with E-state index in [1.54, 1.807) is 0 Å². The van der Waals surface area contributed by atoms with Crippen molar-refractivity contribution in [2.45, 2.75) is 18.2 Å². The van der Waals surface area contributed by atoms with E-state index in [0.717, 1.165) is 6.92 Å². The summed E-state index contributed by atoms with van der Waals surface area (Å²) in [4.78, 5) is 19.4. The standard InChI is InChI=1S/C11H8F4O7S/c1-4(16)21-3-2-5(17)22-10-6(12)8(14)11(23(18,19)20)9(15)7(10)13/h2-3H2,1H3,(H,18,19,20). The summed E-state index contributed by atoms with van der Waals surface area (Å²) in [5.41, 5.74) is 0. The Bertz CT molecular complexity index is 731. The van der Waals surface area contributed by atoms with Crippen molar-refractivity contribution in [3.05, 3.63) is 23.3 Å². The first-order valence-corrected chi connectivity index (χ1v) is 7.08. The molecule has 0 spiro atoms. The monoisotopic (exact) mass is 360 g/mol. The van der Waals surface area contributed by atoms with Crippen LogP contribution in [0.3, 0.4) is 0 Å². The Labute approximate surface area is 126 Å². The Kier molecular flexibility index (Phi) is 5.66. The number of ether oxygens (including phenoxy) is 2. The van der Waals surface area contributed by atoms with Gasteiger partial charge in [-0.1, -0.05) is 0 Å². The molecule has 1 aromatic rings. The number of carbonyl (C=O) groups excluding carboxylic acids is 2. The largest absolute Gasteiger partial charge is 0.465 e. The van der Waals surface area contributed by atoms with Crippen LogP contribution >= 0.6 is 0 Å². The fourth-order valence-electron chi connectivity index (χ4n) is 1.35. The van der Waals surface area contributed by atoms with Crippen LogP contribution in [0.1, 0.15) is 13.3 Å². The van der Waals surface area contributed by atoms with Crippen molar-refractivity contribution in [1.29, 1.82) is 0 Å². The highest BCUT2D eigenvalue weighted by Gasteiger charge is 2.33. The molecule has 12 heteroatoms. The lowest BCUT2D eigenvalue weighted by Gasteiger charge is -2.10. The van der Waals surface area contributed by atoms with Gasteiger partial charge in [-0.05, 0) is 0 Å². The molecule has 1 N–H and O–H groups in total. The summed E-state index contributed by atoms with van der Waals surface area (Å²) >= 11 is 0. The van der Waals surface area contributed by atoms with Crippen LogP contribution in [0, 0.1) is 23.3 Å². The van der Waals surface area contributed by atoms with E-state index >= 15 is 0 Å². The van der Waals surface area contributed by atoms with Crippen molar-refractivity contribution in [2.24, 2.45) is 0 Å². The summed E-state index contributed by atoms with van der Waals surface area (Å²) in [6, 6.07) is 0. The molecule has 0 atom stereocenters. The van der Waals surface area contributed by atoms with E-state index in [1.807, 2.05) is 0 Å². The highest BCUT2D eigenvalue weighted by atomic mass is 32.2. The number of carbonyl (C=O) groups is 2. The van der Waals surface area contributed by atoms with Gasteiger partial charge in [-0.15, -0.1) is 0 Å². The molecule has 0 saturated heterocycles. The normalized spacial score (nSPS) is 11.2. The van der Waals surface area contributed by atoms with E-state index in [2.05, 4.69) is 9.47 Å². The molecule has 0 aliphatic heterocycles. The minimum atomic E-state index is -5.61. The minimum absolute atomic E-state index is 0.522. The molecule has 0 heterocycles. The maximum Gasteiger partial charge on any atom is 0.314 e. The predicted molar refractivity (Wildman–Crippen MR) is 63.0 cm³/mol. The van der Waals surface area contributed by atoms with Gasteiger partial charge in [-0.3, -0.25) is 14.1 Å². The molecule has 1 aromatic carbocycles. The van der Waals surface area contributed by atoms with Gasteiger partial charge in [0.15, 0.2) is 16.5 Å². The highest BCUT2D eigenvalue weighted by molar-refractivity contribution is 7.85. The zero-order valence-electron chi connectivity index (χ0n) is 11.2. The molecule has 1 rings (SSSR count). The average molecular weight is 360 g/mol. The zero-order chi connectivity index (χ0) is 17.9. The quantitative estimate of drug-likeness (QED) is 0.278. The molecule has 23 heavy (non-hydrogen) atoms. The number of esters is 2. The van der Waals surface area contributed by atoms with Crippen LogP contribution in [0.5, 0.6) is 5.75 Å². The SMILES string of the molecule is CC(=O)OCCC(=O)Oc1c(F)c(F)c(S(=O)(=O)O)c(F)c1F. The van der Waals surface area contributed by atoms with Gasteiger partial charge in [-0.25, -0.2) is 8.78 Å². The molecule has 7 nitrogen and oxygen atoms in total. The molecule has 0 fully saturated rings. The Hall–Kier alpha value is -2.21. The fraction of sp³-hybridized carbons (Fsp3) is 0.273. The van der Waals surface area contributed by atoms with Gasteiger partial charge in [0, 0.05) is 6.92 Å². The van der Waals surface area contributed by atoms with E-state index in [0.29, 0.717) is 0 Å². The average Bonchev–Trinajstić information content (AvgIpc) is 2.39. The van der Waals surface area contributed by atoms with Crippen molar-refractivity contribution in [3.63, 3.8) is 0 Å². The number of hydrogen-bond donors (Lipinski definition) is 1. The molecule has 0 unspecified atom stereocenters. The second kappa shape index (κ2) is 6.91. The molecular weight excluding hydrogens is 352 g/mol. The Morgan fingerprint density at radius 1 is 1.04 bits per heavy atom. The van der Waals surface area contributed by atoms with E-state index in [9.17, 15) is 35.6 Å². The lowest BCUT2D eigenvalue weighted by atomic mass is 10.3. The summed E-state index contributed by atoms with van der Waals surface area (Å²) in [6.07, 6.45) is -0.693. The number of halogens is 4. The predicted octanol–water partition coefficient (Wildman–Crippen LogP) is 1.35. The van der Waals surface area contributed by atoms with Gasteiger partial charge in [0.25, 0.3) is 0 Å². The van der Waals surface area contributed by atoms with E-state index < -0.39 is 69.0 Å². The lowest BCUT2D eigenvalue weighted by Crippen LogP contribution is -2.17. The third kappa shape index (κ3) is 4.39. The number of rotatable bonds is 5. The van der Waals surface area contributed by atoms with Crippen LogP contribution in [0.2, 0.25) is 0 Å². The van der Waals surface area contributed by atoms with Gasteiger partial charge in [0.05, 0.1) is 6.42 Å². The van der Waals surface area contributed by atoms with E-state index in [1.165, 1.54) is 0 Å². The maximum atomic E-state index is 13.5. The second-order valence-electron chi connectivity index (χ2n) is 3.95. The highest BCUT2D eigenvalue weighted by Crippen LogP contribution is 2.32. The van der Waals surface area contributed by atoms with Gasteiger partial charge in [0.1, 0.15) is 6.61 Å². The summed E-state index contributed by atoms with van der Waals surface area (Å²) in [7, 11) is -5.61.